The number of hydrogen-bond acceptors (Lipinski definition) is 1. The molecule has 1 aliphatic rings. The molecule has 1 aromatic heterocycles. The highest BCUT2D eigenvalue weighted by atomic mass is 14.7. The van der Waals surface area contributed by atoms with Crippen LogP contribution in [0.2, 0.25) is 0 Å². The van der Waals surface area contributed by atoms with Gasteiger partial charge in [0.05, 0.1) is 5.69 Å². The first-order chi connectivity index (χ1) is 7.33. The fourth-order valence-electron chi connectivity index (χ4n) is 2.61. The van der Waals surface area contributed by atoms with Crippen LogP contribution in [0.4, 0.5) is 0 Å². The maximum absolute atomic E-state index is 4.43. The first-order valence-corrected chi connectivity index (χ1v) is 5.94. The lowest BCUT2D eigenvalue weighted by atomic mass is 9.94. The predicted octanol–water partition coefficient (Wildman–Crippen LogP) is 4.07. The molecule has 0 saturated heterocycles. The van der Waals surface area contributed by atoms with Crippen molar-refractivity contribution in [2.24, 2.45) is 5.92 Å². The second-order valence-electron chi connectivity index (χ2n) is 4.36. The van der Waals surface area contributed by atoms with Gasteiger partial charge in [-0.2, -0.15) is 0 Å². The summed E-state index contributed by atoms with van der Waals surface area (Å²) in [6, 6.07) is 6.17. The molecule has 0 N–H and O–H groups in total. The second kappa shape index (κ2) is 4.61. The Labute approximate surface area is 92.2 Å². The molecule has 1 heteroatoms. The molecule has 0 aromatic carbocycles. The number of allylic oxidation sites excluding steroid dienone is 2. The van der Waals surface area contributed by atoms with E-state index in [-0.39, 0.29) is 0 Å². The molecule has 1 saturated carbocycles. The van der Waals surface area contributed by atoms with Crippen LogP contribution in [-0.2, 0) is 0 Å². The maximum Gasteiger partial charge on any atom is 0.0658 e. The molecule has 1 aliphatic carbocycles. The van der Waals surface area contributed by atoms with Crippen LogP contribution in [0.3, 0.4) is 0 Å². The van der Waals surface area contributed by atoms with E-state index in [1.807, 2.05) is 12.3 Å². The summed E-state index contributed by atoms with van der Waals surface area (Å²) in [5, 5.41) is 0. The molecule has 1 heterocycles. The Morgan fingerprint density at radius 1 is 1.47 bits per heavy atom. The van der Waals surface area contributed by atoms with Crippen LogP contribution < -0.4 is 0 Å². The average molecular weight is 201 g/mol. The van der Waals surface area contributed by atoms with Gasteiger partial charge in [0.15, 0.2) is 0 Å². The third-order valence-electron chi connectivity index (χ3n) is 3.52. The SMILES string of the molecule is CC[C@H]1CCC/C1=C(\C)c1ccccn1. The van der Waals surface area contributed by atoms with Crippen molar-refractivity contribution >= 4 is 5.57 Å². The predicted molar refractivity (Wildman–Crippen MR) is 64.5 cm³/mol. The van der Waals surface area contributed by atoms with Crippen molar-refractivity contribution in [3.63, 3.8) is 0 Å². The van der Waals surface area contributed by atoms with E-state index in [0.29, 0.717) is 0 Å². The van der Waals surface area contributed by atoms with Gasteiger partial charge < -0.3 is 0 Å². The summed E-state index contributed by atoms with van der Waals surface area (Å²) in [5.41, 5.74) is 4.23. The summed E-state index contributed by atoms with van der Waals surface area (Å²) in [6.45, 7) is 4.52. The van der Waals surface area contributed by atoms with Crippen molar-refractivity contribution in [1.82, 2.24) is 4.98 Å². The minimum Gasteiger partial charge on any atom is -0.257 e. The van der Waals surface area contributed by atoms with Gasteiger partial charge in [0.2, 0.25) is 0 Å². The Bertz CT molecular complexity index is 351. The number of rotatable bonds is 2. The topological polar surface area (TPSA) is 12.9 Å². The molecule has 2 rings (SSSR count). The summed E-state index contributed by atoms with van der Waals surface area (Å²) < 4.78 is 0. The third kappa shape index (κ3) is 2.11. The highest BCUT2D eigenvalue weighted by Crippen LogP contribution is 2.37. The monoisotopic (exact) mass is 201 g/mol. The number of pyridine rings is 1. The summed E-state index contributed by atoms with van der Waals surface area (Å²) in [6.07, 6.45) is 7.17. The molecule has 0 spiro atoms. The van der Waals surface area contributed by atoms with E-state index in [4.69, 9.17) is 0 Å². The lowest BCUT2D eigenvalue weighted by molar-refractivity contribution is 0.607. The lowest BCUT2D eigenvalue weighted by Gasteiger charge is -2.12. The van der Waals surface area contributed by atoms with Crippen LogP contribution in [0.15, 0.2) is 30.0 Å². The zero-order valence-electron chi connectivity index (χ0n) is 9.66. The van der Waals surface area contributed by atoms with Crippen LogP contribution in [0.1, 0.15) is 45.2 Å². The Morgan fingerprint density at radius 2 is 2.33 bits per heavy atom. The molecule has 1 aromatic rings. The highest BCUT2D eigenvalue weighted by Gasteiger charge is 2.21. The maximum atomic E-state index is 4.43. The van der Waals surface area contributed by atoms with Crippen LogP contribution in [0.5, 0.6) is 0 Å². The molecule has 1 fully saturated rings. The summed E-state index contributed by atoms with van der Waals surface area (Å²) in [5.74, 6) is 0.812. The van der Waals surface area contributed by atoms with Gasteiger partial charge in [-0.25, -0.2) is 0 Å². The molecule has 1 atom stereocenters. The zero-order valence-corrected chi connectivity index (χ0v) is 9.66. The smallest absolute Gasteiger partial charge is 0.0658 e. The van der Waals surface area contributed by atoms with E-state index in [2.05, 4.69) is 31.0 Å². The molecule has 80 valence electrons. The fraction of sp³-hybridized carbons (Fsp3) is 0.500. The number of nitrogens with zero attached hydrogens (tertiary/aromatic N) is 1. The molecule has 0 bridgehead atoms. The van der Waals surface area contributed by atoms with Crippen molar-refractivity contribution < 1.29 is 0 Å². The quantitative estimate of drug-likeness (QED) is 0.703. The molecule has 1 nitrogen and oxygen atoms in total. The summed E-state index contributed by atoms with van der Waals surface area (Å²) in [4.78, 5) is 4.43. The van der Waals surface area contributed by atoms with E-state index >= 15 is 0 Å². The number of hydrogen-bond donors (Lipinski definition) is 0. The Hall–Kier alpha value is -1.11. The number of aromatic nitrogens is 1. The first kappa shape index (κ1) is 10.4. The zero-order chi connectivity index (χ0) is 10.7. The van der Waals surface area contributed by atoms with Gasteiger partial charge in [-0.15, -0.1) is 0 Å². The van der Waals surface area contributed by atoms with Gasteiger partial charge in [0.1, 0.15) is 0 Å². The van der Waals surface area contributed by atoms with Crippen LogP contribution in [-0.4, -0.2) is 4.98 Å². The van der Waals surface area contributed by atoms with Crippen molar-refractivity contribution in [1.29, 1.82) is 0 Å². The van der Waals surface area contributed by atoms with E-state index in [9.17, 15) is 0 Å². The van der Waals surface area contributed by atoms with Crippen LogP contribution in [0.25, 0.3) is 5.57 Å². The molecule has 0 unspecified atom stereocenters. The van der Waals surface area contributed by atoms with Crippen molar-refractivity contribution in [2.75, 3.05) is 0 Å². The second-order valence-corrected chi connectivity index (χ2v) is 4.36. The molecular formula is C14H19N. The van der Waals surface area contributed by atoms with Gasteiger partial charge >= 0.3 is 0 Å². The highest BCUT2D eigenvalue weighted by molar-refractivity contribution is 5.64. The Morgan fingerprint density at radius 3 is 3.00 bits per heavy atom. The molecule has 15 heavy (non-hydrogen) atoms. The van der Waals surface area contributed by atoms with Crippen molar-refractivity contribution in [3.8, 4) is 0 Å². The largest absolute Gasteiger partial charge is 0.257 e. The summed E-state index contributed by atoms with van der Waals surface area (Å²) in [7, 11) is 0. The Balaban J connectivity index is 2.32. The molecular weight excluding hydrogens is 182 g/mol. The van der Waals surface area contributed by atoms with Crippen molar-refractivity contribution in [2.45, 2.75) is 39.5 Å². The van der Waals surface area contributed by atoms with Crippen LogP contribution in [0, 0.1) is 5.92 Å². The van der Waals surface area contributed by atoms with E-state index in [1.165, 1.54) is 31.3 Å². The van der Waals surface area contributed by atoms with Crippen molar-refractivity contribution in [3.05, 3.63) is 35.7 Å². The van der Waals surface area contributed by atoms with Gasteiger partial charge in [-0.3, -0.25) is 4.98 Å². The third-order valence-corrected chi connectivity index (χ3v) is 3.52. The lowest BCUT2D eigenvalue weighted by Crippen LogP contribution is -1.98. The minimum absolute atomic E-state index is 0.812. The van der Waals surface area contributed by atoms with E-state index in [1.54, 1.807) is 5.57 Å². The van der Waals surface area contributed by atoms with Gasteiger partial charge in [-0.1, -0.05) is 18.6 Å². The molecule has 0 aliphatic heterocycles. The first-order valence-electron chi connectivity index (χ1n) is 5.94. The minimum atomic E-state index is 0.812. The standard InChI is InChI=1S/C14H19N/c1-3-12-7-6-8-13(12)11(2)14-9-4-5-10-15-14/h4-5,9-10,12H,3,6-8H2,1-2H3/b13-11-/t12-/m0/s1. The summed E-state index contributed by atoms with van der Waals surface area (Å²) >= 11 is 0. The molecule has 0 radical (unpaired) electrons. The van der Waals surface area contributed by atoms with E-state index < -0.39 is 0 Å². The Kier molecular flexibility index (Phi) is 3.20. The molecule has 0 amide bonds. The fourth-order valence-corrected chi connectivity index (χ4v) is 2.61. The average Bonchev–Trinajstić information content (AvgIpc) is 2.77. The van der Waals surface area contributed by atoms with Gasteiger partial charge in [0.25, 0.3) is 0 Å². The van der Waals surface area contributed by atoms with E-state index in [0.717, 1.165) is 11.6 Å². The normalized spacial score (nSPS) is 24.3. The van der Waals surface area contributed by atoms with Gasteiger partial charge in [0, 0.05) is 6.20 Å². The van der Waals surface area contributed by atoms with Crippen LogP contribution >= 0.6 is 0 Å². The van der Waals surface area contributed by atoms with Gasteiger partial charge in [-0.05, 0) is 56.2 Å².